The van der Waals surface area contributed by atoms with Crippen molar-refractivity contribution in [3.63, 3.8) is 0 Å². The molecule has 8 nitrogen and oxygen atoms in total. The van der Waals surface area contributed by atoms with Crippen molar-refractivity contribution in [1.29, 1.82) is 0 Å². The maximum atomic E-state index is 12.4. The summed E-state index contributed by atoms with van der Waals surface area (Å²) in [4.78, 5) is 40.4. The highest BCUT2D eigenvalue weighted by molar-refractivity contribution is 5.97. The number of carbonyl (C=O) groups is 3. The summed E-state index contributed by atoms with van der Waals surface area (Å²) in [6, 6.07) is 15.1. The van der Waals surface area contributed by atoms with E-state index in [-0.39, 0.29) is 12.8 Å². The van der Waals surface area contributed by atoms with Crippen LogP contribution in [0.5, 0.6) is 0 Å². The fourth-order valence-electron chi connectivity index (χ4n) is 2.57. The van der Waals surface area contributed by atoms with Gasteiger partial charge in [0.05, 0.1) is 6.42 Å². The number of benzene rings is 2. The average Bonchev–Trinajstić information content (AvgIpc) is 3.14. The number of urea groups is 1. The highest BCUT2D eigenvalue weighted by atomic mass is 16.5. The van der Waals surface area contributed by atoms with Gasteiger partial charge < -0.3 is 14.5 Å². The third-order valence-corrected chi connectivity index (χ3v) is 3.93. The van der Waals surface area contributed by atoms with E-state index in [9.17, 15) is 14.4 Å². The fourth-order valence-corrected chi connectivity index (χ4v) is 2.57. The van der Waals surface area contributed by atoms with Crippen molar-refractivity contribution in [2.24, 2.45) is 0 Å². The molecule has 0 bridgehead atoms. The molecule has 3 amide bonds. The summed E-state index contributed by atoms with van der Waals surface area (Å²) in [7, 11) is 1.38. The second-order valence-corrected chi connectivity index (χ2v) is 5.92. The van der Waals surface area contributed by atoms with E-state index in [2.05, 4.69) is 15.6 Å². The van der Waals surface area contributed by atoms with Crippen LogP contribution in [0.3, 0.4) is 0 Å². The van der Waals surface area contributed by atoms with E-state index in [1.807, 2.05) is 18.2 Å². The Balaban J connectivity index is 1.66. The largest absolute Gasteiger partial charge is 0.447 e. The second kappa shape index (κ2) is 8.81. The van der Waals surface area contributed by atoms with Crippen molar-refractivity contribution in [1.82, 2.24) is 15.6 Å². The number of esters is 1. The van der Waals surface area contributed by atoms with Crippen LogP contribution in [-0.4, -0.2) is 29.9 Å². The normalized spacial score (nSPS) is 11.6. The number of nitrogens with zero attached hydrogens (tertiary/aromatic N) is 1. The molecule has 2 N–H and O–H groups in total. The third-order valence-electron chi connectivity index (χ3n) is 3.93. The first-order valence-corrected chi connectivity index (χ1v) is 8.68. The lowest BCUT2D eigenvalue weighted by Gasteiger charge is -2.17. The van der Waals surface area contributed by atoms with Crippen LogP contribution in [0.25, 0.3) is 11.1 Å². The number of hydrogen-bond acceptors (Lipinski definition) is 6. The number of carbonyl (C=O) groups excluding carboxylic acids is 3. The Morgan fingerprint density at radius 2 is 1.79 bits per heavy atom. The van der Waals surface area contributed by atoms with Gasteiger partial charge in [0.15, 0.2) is 11.5 Å². The van der Waals surface area contributed by atoms with Crippen LogP contribution in [-0.2, 0) is 20.7 Å². The van der Waals surface area contributed by atoms with Crippen molar-refractivity contribution in [2.45, 2.75) is 18.9 Å². The lowest BCUT2D eigenvalue weighted by atomic mass is 10.1. The maximum absolute atomic E-state index is 12.4. The quantitative estimate of drug-likeness (QED) is 0.635. The Kier molecular flexibility index (Phi) is 6.01. The van der Waals surface area contributed by atoms with Crippen LogP contribution in [0.1, 0.15) is 24.0 Å². The third kappa shape index (κ3) is 4.73. The van der Waals surface area contributed by atoms with Gasteiger partial charge in [-0.2, -0.15) is 0 Å². The van der Waals surface area contributed by atoms with Gasteiger partial charge in [-0.25, -0.2) is 9.78 Å². The minimum Gasteiger partial charge on any atom is -0.447 e. The van der Waals surface area contributed by atoms with Gasteiger partial charge >= 0.3 is 12.0 Å². The fraction of sp³-hybridized carbons (Fsp3) is 0.200. The van der Waals surface area contributed by atoms with Crippen LogP contribution >= 0.6 is 0 Å². The van der Waals surface area contributed by atoms with Crippen molar-refractivity contribution in [3.05, 3.63) is 66.1 Å². The zero-order valence-corrected chi connectivity index (χ0v) is 15.2. The minimum absolute atomic E-state index is 0.0244. The molecule has 0 aliphatic carbocycles. The molecule has 2 aromatic carbocycles. The van der Waals surface area contributed by atoms with Crippen LogP contribution in [0, 0.1) is 0 Å². The second-order valence-electron chi connectivity index (χ2n) is 5.92. The van der Waals surface area contributed by atoms with E-state index < -0.39 is 24.0 Å². The van der Waals surface area contributed by atoms with E-state index in [1.165, 1.54) is 7.05 Å². The summed E-state index contributed by atoms with van der Waals surface area (Å²) in [5.74, 6) is -0.937. The lowest BCUT2D eigenvalue weighted by Crippen LogP contribution is -2.41. The van der Waals surface area contributed by atoms with Crippen LogP contribution in [0.4, 0.5) is 4.79 Å². The highest BCUT2D eigenvalue weighted by Gasteiger charge is 2.26. The van der Waals surface area contributed by atoms with Gasteiger partial charge in [-0.3, -0.25) is 14.9 Å². The van der Waals surface area contributed by atoms with Gasteiger partial charge in [0, 0.05) is 19.0 Å². The summed E-state index contributed by atoms with van der Waals surface area (Å²) >= 11 is 0. The number of aryl methyl sites for hydroxylation is 1. The Bertz CT molecular complexity index is 951. The van der Waals surface area contributed by atoms with Crippen LogP contribution in [0.15, 0.2) is 59.0 Å². The maximum Gasteiger partial charge on any atom is 0.321 e. The molecule has 0 unspecified atom stereocenters. The Hall–Kier alpha value is -3.68. The van der Waals surface area contributed by atoms with E-state index in [0.29, 0.717) is 22.6 Å². The first kappa shape index (κ1) is 19.1. The minimum atomic E-state index is -1.24. The average molecular weight is 381 g/mol. The van der Waals surface area contributed by atoms with E-state index in [4.69, 9.17) is 9.15 Å². The molecule has 144 valence electrons. The number of fused-ring (bicyclic) bond motifs is 1. The molecule has 0 saturated carbocycles. The SMILES string of the molecule is CNC(=O)NC(=O)[C@H](OC(=O)CCc1nc2ccccc2o1)c1ccccc1. The first-order valence-electron chi connectivity index (χ1n) is 8.68. The summed E-state index contributed by atoms with van der Waals surface area (Å²) in [5.41, 5.74) is 1.80. The number of hydrogen-bond donors (Lipinski definition) is 2. The molecule has 0 aliphatic heterocycles. The molecule has 0 fully saturated rings. The molecule has 3 rings (SSSR count). The number of oxazole rings is 1. The topological polar surface area (TPSA) is 111 Å². The molecule has 0 aliphatic rings. The summed E-state index contributed by atoms with van der Waals surface area (Å²) in [6.07, 6.45) is -1.04. The summed E-state index contributed by atoms with van der Waals surface area (Å²) < 4.78 is 10.9. The molecular formula is C20H19N3O5. The summed E-state index contributed by atoms with van der Waals surface area (Å²) in [6.45, 7) is 0. The van der Waals surface area contributed by atoms with Gasteiger partial charge in [-0.1, -0.05) is 42.5 Å². The lowest BCUT2D eigenvalue weighted by molar-refractivity contribution is -0.156. The smallest absolute Gasteiger partial charge is 0.321 e. The molecule has 8 heteroatoms. The van der Waals surface area contributed by atoms with Crippen molar-refractivity contribution in [3.8, 4) is 0 Å². The molecule has 28 heavy (non-hydrogen) atoms. The van der Waals surface area contributed by atoms with Crippen LogP contribution < -0.4 is 10.6 Å². The molecular weight excluding hydrogens is 362 g/mol. The van der Waals surface area contributed by atoms with Crippen molar-refractivity contribution >= 4 is 29.0 Å². The molecule has 1 aromatic heterocycles. The number of nitrogens with one attached hydrogen (secondary N) is 2. The van der Waals surface area contributed by atoms with Crippen LogP contribution in [0.2, 0.25) is 0 Å². The Labute approximate surface area is 160 Å². The standard InChI is InChI=1S/C20H19N3O5/c1-21-20(26)23-19(25)18(13-7-3-2-4-8-13)28-17(24)12-11-16-22-14-9-5-6-10-15(14)27-16/h2-10,18H,11-12H2,1H3,(H2,21,23,25,26)/t18-/m1/s1. The van der Waals surface area contributed by atoms with Gasteiger partial charge in [-0.15, -0.1) is 0 Å². The highest BCUT2D eigenvalue weighted by Crippen LogP contribution is 2.20. The molecule has 1 heterocycles. The Morgan fingerprint density at radius 3 is 2.50 bits per heavy atom. The van der Waals surface area contributed by atoms with Crippen molar-refractivity contribution in [2.75, 3.05) is 7.05 Å². The zero-order valence-electron chi connectivity index (χ0n) is 15.2. The first-order chi connectivity index (χ1) is 13.6. The molecule has 0 saturated heterocycles. The number of amides is 3. The van der Waals surface area contributed by atoms with Gasteiger partial charge in [0.2, 0.25) is 6.10 Å². The number of para-hydroxylation sites is 2. The molecule has 0 radical (unpaired) electrons. The number of imide groups is 1. The van der Waals surface area contributed by atoms with Gasteiger partial charge in [0.25, 0.3) is 5.91 Å². The predicted molar refractivity (Wildman–Crippen MR) is 100 cm³/mol. The monoisotopic (exact) mass is 381 g/mol. The Morgan fingerprint density at radius 1 is 1.07 bits per heavy atom. The predicted octanol–water partition coefficient (Wildman–Crippen LogP) is 2.50. The summed E-state index contributed by atoms with van der Waals surface area (Å²) in [5, 5.41) is 4.41. The van der Waals surface area contributed by atoms with E-state index in [1.54, 1.807) is 36.4 Å². The van der Waals surface area contributed by atoms with E-state index >= 15 is 0 Å². The van der Waals surface area contributed by atoms with Gasteiger partial charge in [0.1, 0.15) is 5.52 Å². The van der Waals surface area contributed by atoms with E-state index in [0.717, 1.165) is 0 Å². The number of aromatic nitrogens is 1. The van der Waals surface area contributed by atoms with Crippen molar-refractivity contribution < 1.29 is 23.5 Å². The zero-order chi connectivity index (χ0) is 19.9. The number of ether oxygens (including phenoxy) is 1. The number of rotatable bonds is 6. The molecule has 3 aromatic rings. The molecule has 0 spiro atoms. The molecule has 1 atom stereocenters. The van der Waals surface area contributed by atoms with Gasteiger partial charge in [-0.05, 0) is 12.1 Å².